The molecule has 0 spiro atoms. The Hall–Kier alpha value is -6.11. The van der Waals surface area contributed by atoms with Crippen LogP contribution in [0.25, 0.3) is 40.0 Å². The molecule has 0 amide bonds. The third-order valence-corrected chi connectivity index (χ3v) is 10.1. The number of hydrogen-bond acceptors (Lipinski definition) is 5. The molecule has 0 fully saturated rings. The molecule has 230 valence electrons. The first kappa shape index (κ1) is 19.6. The normalized spacial score (nSPS) is 18.1. The lowest BCUT2D eigenvalue weighted by Gasteiger charge is -2.32. The van der Waals surface area contributed by atoms with E-state index in [4.69, 9.17) is 23.7 Å². The summed E-state index contributed by atoms with van der Waals surface area (Å²) in [6.07, 6.45) is 4.01. The molecule has 1 atom stereocenters. The molecular formula is C43H28N5S+. The van der Waals surface area contributed by atoms with Gasteiger partial charge in [0.25, 0.3) is 0 Å². The van der Waals surface area contributed by atoms with Crippen LogP contribution in [0.2, 0.25) is 0 Å². The van der Waals surface area contributed by atoms with Crippen molar-refractivity contribution in [2.45, 2.75) is 10.1 Å². The molecule has 5 nitrogen and oxygen atoms in total. The van der Waals surface area contributed by atoms with Crippen molar-refractivity contribution in [1.29, 1.82) is 0 Å². The second kappa shape index (κ2) is 11.3. The second-order valence-electron chi connectivity index (χ2n) is 11.5. The summed E-state index contributed by atoms with van der Waals surface area (Å²) in [5, 5.41) is -0.339. The van der Waals surface area contributed by atoms with Crippen LogP contribution >= 0.6 is 11.8 Å². The van der Waals surface area contributed by atoms with Crippen LogP contribution in [0.5, 0.6) is 0 Å². The molecule has 6 heteroatoms. The first-order valence-electron chi connectivity index (χ1n) is 20.6. The lowest BCUT2D eigenvalue weighted by molar-refractivity contribution is 0.896. The molecule has 7 aromatic rings. The van der Waals surface area contributed by atoms with Gasteiger partial charge >= 0.3 is 5.95 Å². The molecule has 10 rings (SSSR count). The highest BCUT2D eigenvalue weighted by atomic mass is 32.2. The molecule has 3 aliphatic rings. The van der Waals surface area contributed by atoms with E-state index in [-0.39, 0.29) is 34.0 Å². The minimum Gasteiger partial charge on any atom is -0.309 e. The smallest absolute Gasteiger partial charge is 0.309 e. The van der Waals surface area contributed by atoms with Gasteiger partial charge in [0.15, 0.2) is 0 Å². The molecule has 6 aromatic carbocycles. The Morgan fingerprint density at radius 1 is 0.612 bits per heavy atom. The summed E-state index contributed by atoms with van der Waals surface area (Å²) in [4.78, 5) is 17.4. The molecule has 0 N–H and O–H groups in total. The fourth-order valence-electron chi connectivity index (χ4n) is 6.74. The minimum absolute atomic E-state index is 0.0454. The van der Waals surface area contributed by atoms with Gasteiger partial charge < -0.3 is 4.90 Å². The van der Waals surface area contributed by atoms with Gasteiger partial charge in [-0.05, 0) is 87.2 Å². The van der Waals surface area contributed by atoms with Gasteiger partial charge in [-0.3, -0.25) is 0 Å². The maximum Gasteiger partial charge on any atom is 0.442 e. The standard InChI is InChI=1S/C43H28N5S/c1-4-14-29(15-5-1)41-44-42(30-16-6-2-7-17-30)46-43(45-41)48-36-25-13-24-35-39(36)49-40-37(48)27-26-28-18-12-22-33(38(28)40)32-21-10-11-23-34(32)47(35)31-19-8-3-9-20-31/h1-27,40H/q+1/i1D,2D,4D,5D,6D,7D,14D,15D,16D,17D. The van der Waals surface area contributed by atoms with Crippen molar-refractivity contribution in [2.24, 2.45) is 0 Å². The van der Waals surface area contributed by atoms with Gasteiger partial charge in [-0.2, -0.15) is 9.56 Å². The van der Waals surface area contributed by atoms with Crippen LogP contribution in [-0.2, 0) is 0 Å². The number of thioether (sulfide) groups is 1. The van der Waals surface area contributed by atoms with Crippen LogP contribution in [-0.4, -0.2) is 20.7 Å². The van der Waals surface area contributed by atoms with E-state index >= 15 is 0 Å². The predicted octanol–water partition coefficient (Wildman–Crippen LogP) is 10.8. The van der Waals surface area contributed by atoms with E-state index in [0.717, 1.165) is 49.9 Å². The zero-order valence-corrected chi connectivity index (χ0v) is 26.4. The highest BCUT2D eigenvalue weighted by Crippen LogP contribution is 2.58. The summed E-state index contributed by atoms with van der Waals surface area (Å²) in [5.74, 6) is -0.702. The van der Waals surface area contributed by atoms with Crippen LogP contribution in [0.1, 0.15) is 30.1 Å². The number of allylic oxidation sites excluding steroid dienone is 1. The number of benzene rings is 6. The van der Waals surface area contributed by atoms with Crippen molar-refractivity contribution < 1.29 is 13.7 Å². The molecule has 0 saturated heterocycles. The molecule has 0 radical (unpaired) electrons. The number of fused-ring (bicyclic) bond motifs is 2. The summed E-state index contributed by atoms with van der Waals surface area (Å²) in [6, 6.07) is 24.6. The van der Waals surface area contributed by atoms with Crippen LogP contribution in [0.3, 0.4) is 0 Å². The van der Waals surface area contributed by atoms with Gasteiger partial charge in [0, 0.05) is 22.4 Å². The van der Waals surface area contributed by atoms with Crippen molar-refractivity contribution in [1.82, 2.24) is 19.5 Å². The Morgan fingerprint density at radius 3 is 2.02 bits per heavy atom. The Bertz CT molecular complexity index is 2920. The number of aromatic nitrogens is 3. The minimum atomic E-state index is -0.607. The van der Waals surface area contributed by atoms with E-state index in [1.165, 1.54) is 0 Å². The summed E-state index contributed by atoms with van der Waals surface area (Å²) >= 11 is 1.67. The van der Waals surface area contributed by atoms with Crippen molar-refractivity contribution in [2.75, 3.05) is 4.90 Å². The first-order chi connectivity index (χ1) is 28.5. The highest BCUT2D eigenvalue weighted by Gasteiger charge is 2.41. The average molecular weight is 657 g/mol. The quantitative estimate of drug-likeness (QED) is 0.176. The molecule has 49 heavy (non-hydrogen) atoms. The maximum atomic E-state index is 8.87. The zero-order valence-electron chi connectivity index (χ0n) is 35.5. The lowest BCUT2D eigenvalue weighted by atomic mass is 9.87. The Morgan fingerprint density at radius 2 is 1.27 bits per heavy atom. The topological polar surface area (TPSA) is 44.9 Å². The molecule has 0 saturated carbocycles. The van der Waals surface area contributed by atoms with Crippen LogP contribution < -0.4 is 9.48 Å². The van der Waals surface area contributed by atoms with Crippen molar-refractivity contribution in [3.05, 3.63) is 169 Å². The predicted molar refractivity (Wildman–Crippen MR) is 201 cm³/mol. The third-order valence-electron chi connectivity index (χ3n) is 8.77. The van der Waals surface area contributed by atoms with E-state index in [2.05, 4.69) is 52.3 Å². The molecule has 1 aliphatic carbocycles. The number of rotatable bonds is 4. The van der Waals surface area contributed by atoms with Crippen LogP contribution in [0, 0.1) is 0 Å². The maximum absolute atomic E-state index is 8.87. The SMILES string of the molecule is [2H]c1c([2H])c([2H])c(-c2nc(-c3c([2H])c([2H])c([2H])c([2H])c3[2H])nc([N+]3=C4C=Cc5cccc6c5C4Sc4c(cccc43)N(c3ccccc3)c3ccccc3-6)n2)c([2H])c1[2H]. The van der Waals surface area contributed by atoms with Gasteiger partial charge in [0.2, 0.25) is 11.6 Å². The van der Waals surface area contributed by atoms with Gasteiger partial charge in [-0.25, -0.2) is 0 Å². The Kier molecular flexibility index (Phi) is 4.51. The van der Waals surface area contributed by atoms with E-state index in [1.807, 2.05) is 65.3 Å². The van der Waals surface area contributed by atoms with Gasteiger partial charge in [0.05, 0.1) is 35.2 Å². The van der Waals surface area contributed by atoms with E-state index in [9.17, 15) is 0 Å². The highest BCUT2D eigenvalue weighted by molar-refractivity contribution is 8.00. The van der Waals surface area contributed by atoms with Crippen LogP contribution in [0.15, 0.2) is 162 Å². The van der Waals surface area contributed by atoms with E-state index < -0.39 is 60.4 Å². The number of para-hydroxylation sites is 2. The van der Waals surface area contributed by atoms with Gasteiger partial charge in [-0.1, -0.05) is 103 Å². The summed E-state index contributed by atoms with van der Waals surface area (Å²) < 4.78 is 87.7. The number of anilines is 3. The summed E-state index contributed by atoms with van der Waals surface area (Å²) in [6.45, 7) is 0. The molecule has 1 unspecified atom stereocenters. The molecule has 6 bridgehead atoms. The average Bonchev–Trinajstić information content (AvgIpc) is 3.30. The van der Waals surface area contributed by atoms with Gasteiger partial charge in [-0.15, -0.1) is 11.8 Å². The largest absolute Gasteiger partial charge is 0.442 e. The number of hydrogen-bond donors (Lipinski definition) is 0. The Labute approximate surface area is 302 Å². The van der Waals surface area contributed by atoms with Crippen molar-refractivity contribution in [3.63, 3.8) is 0 Å². The van der Waals surface area contributed by atoms with Crippen molar-refractivity contribution in [3.8, 4) is 33.9 Å². The van der Waals surface area contributed by atoms with Crippen molar-refractivity contribution >= 4 is 52.2 Å². The van der Waals surface area contributed by atoms with E-state index in [0.29, 0.717) is 5.69 Å². The number of nitrogens with zero attached hydrogens (tertiary/aromatic N) is 5. The summed E-state index contributed by atoms with van der Waals surface area (Å²) in [5.41, 5.74) is 7.61. The van der Waals surface area contributed by atoms with Crippen LogP contribution in [0.4, 0.5) is 28.7 Å². The molecule has 1 aromatic heterocycles. The van der Waals surface area contributed by atoms with E-state index in [1.54, 1.807) is 11.8 Å². The zero-order chi connectivity index (χ0) is 41.0. The fourth-order valence-corrected chi connectivity index (χ4v) is 8.22. The second-order valence-corrected chi connectivity index (χ2v) is 12.6. The fraction of sp³-hybridized carbons (Fsp3) is 0.0233. The molecule has 3 heterocycles. The molecular weight excluding hydrogens is 619 g/mol. The molecule has 2 aliphatic heterocycles. The third kappa shape index (κ3) is 4.49. The summed E-state index contributed by atoms with van der Waals surface area (Å²) in [7, 11) is 0. The first-order valence-corrected chi connectivity index (χ1v) is 16.5. The lowest BCUT2D eigenvalue weighted by Crippen LogP contribution is -2.29. The Balaban J connectivity index is 1.35. The monoisotopic (exact) mass is 656 g/mol. The van der Waals surface area contributed by atoms with Gasteiger partial charge in [0.1, 0.15) is 11.4 Å².